The lowest BCUT2D eigenvalue weighted by atomic mass is 9.94. The molecule has 4 aliphatic heterocycles. The monoisotopic (exact) mass is 1250 g/mol. The summed E-state index contributed by atoms with van der Waals surface area (Å²) in [5.41, 5.74) is 5.81. The summed E-state index contributed by atoms with van der Waals surface area (Å²) in [6, 6.07) is 43.9. The Morgan fingerprint density at radius 2 is 0.881 bits per heavy atom. The van der Waals surface area contributed by atoms with Crippen molar-refractivity contribution < 1.29 is 45.4 Å². The molecule has 6 aromatic carbocycles. The minimum atomic E-state index is -4.70. The van der Waals surface area contributed by atoms with Crippen molar-refractivity contribution in [3.63, 3.8) is 0 Å². The van der Waals surface area contributed by atoms with Crippen molar-refractivity contribution in [3.05, 3.63) is 256 Å². The van der Waals surface area contributed by atoms with Crippen LogP contribution in [-0.2, 0) is 24.7 Å². The summed E-state index contributed by atoms with van der Waals surface area (Å²) in [5.74, 6) is -1.08. The summed E-state index contributed by atoms with van der Waals surface area (Å²) in [4.78, 5) is 58.3. The molecule has 0 N–H and O–H groups in total. The van der Waals surface area contributed by atoms with Crippen molar-refractivity contribution in [2.45, 2.75) is 91.8 Å². The van der Waals surface area contributed by atoms with Crippen molar-refractivity contribution >= 4 is 51.3 Å². The number of pyridine rings is 2. The predicted octanol–water partition coefficient (Wildman–Crippen LogP) is 13.3. The molecule has 432 valence electrons. The zero-order valence-electron chi connectivity index (χ0n) is 45.3. The van der Waals surface area contributed by atoms with Gasteiger partial charge in [-0.25, -0.2) is 0 Å². The Morgan fingerprint density at radius 1 is 0.512 bits per heavy atom. The number of carbonyl (C=O) groups excluding carboxylic acids is 2. The van der Waals surface area contributed by atoms with Crippen LogP contribution in [0.1, 0.15) is 97.0 Å². The highest BCUT2D eigenvalue weighted by atomic mass is 79.9. The summed E-state index contributed by atoms with van der Waals surface area (Å²) >= 11 is 6.63. The molecule has 2 amide bonds. The molecule has 12 nitrogen and oxygen atoms in total. The molecule has 0 saturated heterocycles. The lowest BCUT2D eigenvalue weighted by Crippen LogP contribution is -2.60. The first-order valence-corrected chi connectivity index (χ1v) is 29.5. The van der Waals surface area contributed by atoms with Gasteiger partial charge < -0.3 is 19.3 Å². The first-order chi connectivity index (χ1) is 40.3. The van der Waals surface area contributed by atoms with E-state index in [0.29, 0.717) is 17.1 Å². The number of hydrogen-bond acceptors (Lipinski definition) is 10. The Bertz CT molecular complexity index is 3580. The van der Waals surface area contributed by atoms with E-state index in [0.717, 1.165) is 77.9 Å². The van der Waals surface area contributed by atoms with Gasteiger partial charge in [-0.2, -0.15) is 26.3 Å². The van der Waals surface area contributed by atoms with Crippen LogP contribution in [0.3, 0.4) is 0 Å². The molecule has 0 aliphatic carbocycles. The second kappa shape index (κ2) is 23.6. The molecule has 0 saturated carbocycles. The number of aryl methyl sites for hydroxylation is 1. The van der Waals surface area contributed by atoms with Crippen LogP contribution in [-0.4, -0.2) is 68.7 Å². The Kier molecular flexibility index (Phi) is 16.3. The third-order valence-corrected chi connectivity index (χ3v) is 18.2. The van der Waals surface area contributed by atoms with Gasteiger partial charge in [0.15, 0.2) is 22.9 Å². The smallest absolute Gasteiger partial charge is 0.408 e. The third kappa shape index (κ3) is 11.2. The second-order valence-electron chi connectivity index (χ2n) is 20.5. The second-order valence-corrected chi connectivity index (χ2v) is 23.4. The van der Waals surface area contributed by atoms with Crippen LogP contribution in [0, 0.1) is 6.92 Å². The van der Waals surface area contributed by atoms with E-state index in [1.54, 1.807) is 64.7 Å². The highest BCUT2D eigenvalue weighted by Gasteiger charge is 2.50. The zero-order valence-corrected chi connectivity index (χ0v) is 48.5. The summed E-state index contributed by atoms with van der Waals surface area (Å²) in [6.45, 7) is 2.73. The molecule has 4 aliphatic rings. The molecule has 21 heteroatoms. The van der Waals surface area contributed by atoms with Gasteiger partial charge in [0, 0.05) is 39.3 Å². The molecule has 8 aromatic rings. The number of rotatable bonds is 10. The minimum Gasteiger partial charge on any atom is -0.482 e. The van der Waals surface area contributed by atoms with Crippen molar-refractivity contribution in [1.29, 1.82) is 0 Å². The first-order valence-electron chi connectivity index (χ1n) is 26.7. The normalized spacial score (nSPS) is 17.2. The number of aromatic nitrogens is 2. The first kappa shape index (κ1) is 57.9. The number of benzene rings is 6. The van der Waals surface area contributed by atoms with Crippen molar-refractivity contribution in [2.24, 2.45) is 0 Å². The quantitative estimate of drug-likeness (QED) is 0.123. The van der Waals surface area contributed by atoms with Crippen LogP contribution in [0.5, 0.6) is 11.5 Å². The van der Waals surface area contributed by atoms with E-state index in [1.165, 1.54) is 21.7 Å². The van der Waals surface area contributed by atoms with Crippen LogP contribution in [0.15, 0.2) is 194 Å². The van der Waals surface area contributed by atoms with Crippen LogP contribution in [0.2, 0.25) is 0 Å². The number of halogens is 7. The summed E-state index contributed by atoms with van der Waals surface area (Å²) < 4.78 is 100. The highest BCUT2D eigenvalue weighted by molar-refractivity contribution is 9.10. The van der Waals surface area contributed by atoms with E-state index in [4.69, 9.17) is 9.47 Å². The average molecular weight is 1250 g/mol. The van der Waals surface area contributed by atoms with Crippen LogP contribution >= 0.6 is 39.5 Å². The fourth-order valence-electron chi connectivity index (χ4n) is 10.8. The van der Waals surface area contributed by atoms with E-state index in [-0.39, 0.29) is 53.9 Å². The fraction of sp³-hybridized carbons (Fsp3) is 0.238. The Morgan fingerprint density at radius 3 is 1.31 bits per heavy atom. The Hall–Kier alpha value is -7.88. The molecule has 2 aromatic heterocycles. The number of nitrogens with zero attached hydrogens (tertiary/aromatic N) is 6. The number of thioether (sulfide) groups is 2. The van der Waals surface area contributed by atoms with Crippen molar-refractivity contribution in [1.82, 2.24) is 19.2 Å². The van der Waals surface area contributed by atoms with Crippen LogP contribution in [0.4, 0.5) is 26.3 Å². The van der Waals surface area contributed by atoms with Gasteiger partial charge in [-0.1, -0.05) is 146 Å². The average Bonchev–Trinajstić information content (AvgIpc) is 1.35. The number of fused-ring (bicyclic) bond motifs is 6. The molecule has 6 heterocycles. The number of hydrogen-bond donors (Lipinski definition) is 0. The summed E-state index contributed by atoms with van der Waals surface area (Å²) in [7, 11) is 0. The number of ether oxygens (including phenoxy) is 2. The lowest BCUT2D eigenvalue weighted by Gasteiger charge is -2.46. The maximum atomic E-state index is 14.2. The highest BCUT2D eigenvalue weighted by Crippen LogP contribution is 2.46. The van der Waals surface area contributed by atoms with Crippen LogP contribution in [0.25, 0.3) is 0 Å². The molecule has 84 heavy (non-hydrogen) atoms. The zero-order chi connectivity index (χ0) is 59.2. The van der Waals surface area contributed by atoms with Gasteiger partial charge in [0.2, 0.25) is 10.9 Å². The van der Waals surface area contributed by atoms with Gasteiger partial charge in [-0.05, 0) is 93.3 Å². The van der Waals surface area contributed by atoms with E-state index < -0.39 is 59.2 Å². The largest absolute Gasteiger partial charge is 0.482 e. The van der Waals surface area contributed by atoms with Gasteiger partial charge in [-0.15, -0.1) is 23.5 Å². The van der Waals surface area contributed by atoms with Crippen molar-refractivity contribution in [2.75, 3.05) is 23.4 Å². The molecule has 0 unspecified atom stereocenters. The topological polar surface area (TPSA) is 110 Å². The summed E-state index contributed by atoms with van der Waals surface area (Å²) in [6.07, 6.45) is -6.40. The molecule has 12 rings (SSSR count). The van der Waals surface area contributed by atoms with E-state index >= 15 is 0 Å². The van der Waals surface area contributed by atoms with E-state index in [2.05, 4.69) is 15.9 Å². The maximum Gasteiger partial charge on any atom is 0.408 e. The standard InChI is InChI=1S/C32H28F3N3O3S.C31H25BrF3N3O3S/c1-20-16-37-28(30(29(20)39)41-17-22-10-4-3-5-11-22)31(40)36(21(2)32(33,34)35)19-38(37)27-24-13-7-6-12-23(24)18-42-26-15-9-8-14-25(26)27;1-19(31(33,34)35)36-18-38(26-22-12-6-5-11-21(22)17-42-25-14-8-7-13-23(25)26)37-15-24(32)28(39)29(27(37)30(36)40)41-16-20-9-3-2-4-10-20/h3-16,21,27H,17-19H2,1-2H3;2-15,19,26H,16-18H2,1H3/t21-,27+;19-,26+/m11/s1. The van der Waals surface area contributed by atoms with Gasteiger partial charge in [0.1, 0.15) is 38.6 Å². The number of amides is 2. The van der Waals surface area contributed by atoms with E-state index in [9.17, 15) is 45.5 Å². The van der Waals surface area contributed by atoms with Gasteiger partial charge >= 0.3 is 12.4 Å². The maximum absolute atomic E-state index is 14.2. The predicted molar refractivity (Wildman–Crippen MR) is 314 cm³/mol. The third-order valence-electron chi connectivity index (χ3n) is 15.3. The lowest BCUT2D eigenvalue weighted by molar-refractivity contribution is -0.173. The van der Waals surface area contributed by atoms with Gasteiger partial charge in [0.05, 0.1) is 16.6 Å². The molecule has 0 bridgehead atoms. The van der Waals surface area contributed by atoms with Crippen LogP contribution < -0.4 is 30.3 Å². The van der Waals surface area contributed by atoms with Gasteiger partial charge in [-0.3, -0.25) is 38.5 Å². The molecular formula is C63H53BrF6N6O6S2. The molecular weight excluding hydrogens is 1190 g/mol. The Labute approximate surface area is 496 Å². The summed E-state index contributed by atoms with van der Waals surface area (Å²) in [5, 5.41) is 3.45. The molecule has 0 radical (unpaired) electrons. The fourth-order valence-corrected chi connectivity index (χ4v) is 13.4. The Balaban J connectivity index is 0.000000175. The molecule has 4 atom stereocenters. The number of carbonyl (C=O) groups is 2. The van der Waals surface area contributed by atoms with E-state index in [1.807, 2.05) is 133 Å². The van der Waals surface area contributed by atoms with Gasteiger partial charge in [0.25, 0.3) is 11.8 Å². The minimum absolute atomic E-state index is 0.0274. The number of alkyl halides is 6. The molecule has 0 spiro atoms. The van der Waals surface area contributed by atoms with Crippen molar-refractivity contribution in [3.8, 4) is 11.5 Å². The SMILES string of the molecule is C[C@@H](N1CN([C@H]2c3ccccc3CSc3ccccc32)n2cc(Br)c(=O)c(OCc3ccccc3)c2C1=O)C(F)(F)F.Cc1cn2c(c(OCc3ccccc3)c1=O)C(=O)N([C@H](C)C(F)(F)F)CN2[C@H]1c2ccccc2CSc2ccccc21. The molecule has 0 fully saturated rings.